The van der Waals surface area contributed by atoms with Gasteiger partial charge in [-0.2, -0.15) is 0 Å². The molecule has 2 radical (unpaired) electrons. The molecule has 0 N–H and O–H groups in total. The van der Waals surface area contributed by atoms with Crippen LogP contribution in [0.25, 0.3) is 33.3 Å². The third-order valence-electron chi connectivity index (χ3n) is 4.08. The van der Waals surface area contributed by atoms with Gasteiger partial charge in [0.25, 0.3) is 0 Å². The Bertz CT molecular complexity index is 983. The number of para-hydroxylation sites is 1. The smallest absolute Gasteiger partial charge is 0.0595 e. The summed E-state index contributed by atoms with van der Waals surface area (Å²) in [7, 11) is 0. The zero-order chi connectivity index (χ0) is 15.6. The SMILES string of the molecule is Cc1cc2ccccc2nc1-c1[c-]ccc(-c2ccccc2)c1.[CH3-].[Ir].[Y]. The summed E-state index contributed by atoms with van der Waals surface area (Å²) >= 11 is 0. The normalized spacial score (nSPS) is 9.58. The number of nitrogens with zero attached hydrogens (tertiary/aromatic N) is 1. The minimum atomic E-state index is 0. The van der Waals surface area contributed by atoms with Crippen LogP contribution in [0.5, 0.6) is 0 Å². The van der Waals surface area contributed by atoms with Gasteiger partial charge in [-0.3, -0.25) is 4.98 Å². The average molecular weight is 591 g/mol. The Morgan fingerprint density at radius 3 is 2.27 bits per heavy atom. The van der Waals surface area contributed by atoms with Crippen molar-refractivity contribution in [2.45, 2.75) is 6.92 Å². The third kappa shape index (κ3) is 4.75. The van der Waals surface area contributed by atoms with E-state index < -0.39 is 0 Å². The average Bonchev–Trinajstić information content (AvgIpc) is 2.62. The second-order valence-electron chi connectivity index (χ2n) is 5.70. The first-order valence-electron chi connectivity index (χ1n) is 7.75. The quantitative estimate of drug-likeness (QED) is 0.257. The predicted molar refractivity (Wildman–Crippen MR) is 103 cm³/mol. The Hall–Kier alpha value is -1.18. The summed E-state index contributed by atoms with van der Waals surface area (Å²) < 4.78 is 0. The van der Waals surface area contributed by atoms with Crippen molar-refractivity contribution in [2.24, 2.45) is 0 Å². The molecule has 1 nitrogen and oxygen atoms in total. The van der Waals surface area contributed by atoms with E-state index in [4.69, 9.17) is 4.98 Å². The molecule has 0 fully saturated rings. The van der Waals surface area contributed by atoms with Gasteiger partial charge in [-0.15, -0.1) is 35.4 Å². The molecule has 0 aliphatic carbocycles. The van der Waals surface area contributed by atoms with Gasteiger partial charge in [0.15, 0.2) is 0 Å². The molecule has 1 aromatic heterocycles. The first kappa shape index (κ1) is 22.9. The van der Waals surface area contributed by atoms with Crippen molar-refractivity contribution in [1.29, 1.82) is 0 Å². The minimum Gasteiger partial charge on any atom is -0.358 e. The molecule has 0 amide bonds. The number of hydrogen-bond donors (Lipinski definition) is 0. The maximum atomic E-state index is 4.85. The Balaban J connectivity index is 0.00000113. The molecular formula is C23H19IrNY-2. The van der Waals surface area contributed by atoms with Crippen molar-refractivity contribution in [3.63, 3.8) is 0 Å². The molecule has 26 heavy (non-hydrogen) atoms. The molecule has 0 aliphatic rings. The Kier molecular flexibility index (Phi) is 9.00. The molecule has 0 aliphatic heterocycles. The number of benzene rings is 3. The second kappa shape index (κ2) is 10.2. The molecule has 0 unspecified atom stereocenters. The summed E-state index contributed by atoms with van der Waals surface area (Å²) in [4.78, 5) is 4.85. The van der Waals surface area contributed by atoms with E-state index >= 15 is 0 Å². The van der Waals surface area contributed by atoms with Crippen LogP contribution in [0.4, 0.5) is 0 Å². The molecular weight excluding hydrogens is 571 g/mol. The van der Waals surface area contributed by atoms with Crippen molar-refractivity contribution < 1.29 is 52.8 Å². The van der Waals surface area contributed by atoms with Gasteiger partial charge in [-0.05, 0) is 29.6 Å². The second-order valence-corrected chi connectivity index (χ2v) is 5.70. The molecule has 0 spiro atoms. The minimum absolute atomic E-state index is 0. The predicted octanol–water partition coefficient (Wildman–Crippen LogP) is 6.12. The van der Waals surface area contributed by atoms with E-state index in [1.54, 1.807) is 0 Å². The van der Waals surface area contributed by atoms with Crippen molar-refractivity contribution in [3.8, 4) is 22.4 Å². The van der Waals surface area contributed by atoms with Crippen LogP contribution in [0.15, 0.2) is 78.9 Å². The molecule has 1 heterocycles. The van der Waals surface area contributed by atoms with Gasteiger partial charge in [0, 0.05) is 52.8 Å². The summed E-state index contributed by atoms with van der Waals surface area (Å²) in [6, 6.07) is 30.4. The topological polar surface area (TPSA) is 12.9 Å². The summed E-state index contributed by atoms with van der Waals surface area (Å²) in [5.74, 6) is 0. The molecule has 3 aromatic carbocycles. The first-order valence-corrected chi connectivity index (χ1v) is 7.75. The van der Waals surface area contributed by atoms with Gasteiger partial charge in [-0.1, -0.05) is 60.2 Å². The maximum absolute atomic E-state index is 4.85. The van der Waals surface area contributed by atoms with Crippen LogP contribution in [-0.2, 0) is 52.8 Å². The molecule has 3 heteroatoms. The van der Waals surface area contributed by atoms with Gasteiger partial charge in [-0.25, -0.2) is 0 Å². The van der Waals surface area contributed by atoms with Crippen LogP contribution in [0.1, 0.15) is 5.56 Å². The number of hydrogen-bond acceptors (Lipinski definition) is 1. The van der Waals surface area contributed by atoms with E-state index in [0.29, 0.717) is 0 Å². The van der Waals surface area contributed by atoms with Crippen LogP contribution >= 0.6 is 0 Å². The van der Waals surface area contributed by atoms with Gasteiger partial charge < -0.3 is 7.43 Å². The Labute approximate surface area is 194 Å². The van der Waals surface area contributed by atoms with Crippen molar-refractivity contribution >= 4 is 10.9 Å². The van der Waals surface area contributed by atoms with E-state index in [-0.39, 0.29) is 60.2 Å². The Morgan fingerprint density at radius 1 is 0.808 bits per heavy atom. The van der Waals surface area contributed by atoms with Crippen LogP contribution in [0.2, 0.25) is 0 Å². The van der Waals surface area contributed by atoms with Gasteiger partial charge in [0.2, 0.25) is 0 Å². The van der Waals surface area contributed by atoms with Gasteiger partial charge in [0.1, 0.15) is 0 Å². The molecule has 4 rings (SSSR count). The fourth-order valence-electron chi connectivity index (χ4n) is 2.91. The van der Waals surface area contributed by atoms with E-state index in [1.165, 1.54) is 22.1 Å². The van der Waals surface area contributed by atoms with Crippen LogP contribution in [0.3, 0.4) is 0 Å². The number of rotatable bonds is 2. The molecule has 0 atom stereocenters. The molecule has 130 valence electrons. The monoisotopic (exact) mass is 591 g/mol. The Morgan fingerprint density at radius 2 is 1.50 bits per heavy atom. The van der Waals surface area contributed by atoms with Crippen molar-refractivity contribution in [3.05, 3.63) is 97.9 Å². The van der Waals surface area contributed by atoms with E-state index in [9.17, 15) is 0 Å². The fraction of sp³-hybridized carbons (Fsp3) is 0.0435. The van der Waals surface area contributed by atoms with Crippen molar-refractivity contribution in [2.75, 3.05) is 0 Å². The summed E-state index contributed by atoms with van der Waals surface area (Å²) in [6.45, 7) is 2.11. The van der Waals surface area contributed by atoms with E-state index in [2.05, 4.69) is 67.6 Å². The van der Waals surface area contributed by atoms with Crippen LogP contribution in [-0.4, -0.2) is 4.98 Å². The maximum Gasteiger partial charge on any atom is 0.0595 e. The van der Waals surface area contributed by atoms with Crippen molar-refractivity contribution in [1.82, 2.24) is 4.98 Å². The van der Waals surface area contributed by atoms with Crippen LogP contribution in [0, 0.1) is 20.4 Å². The third-order valence-corrected chi connectivity index (χ3v) is 4.08. The zero-order valence-corrected chi connectivity index (χ0v) is 20.1. The number of aryl methyl sites for hydroxylation is 1. The molecule has 0 bridgehead atoms. The zero-order valence-electron chi connectivity index (χ0n) is 14.9. The molecule has 0 saturated carbocycles. The van der Waals surface area contributed by atoms with E-state index in [0.717, 1.165) is 16.8 Å². The first-order chi connectivity index (χ1) is 11.3. The molecule has 0 saturated heterocycles. The van der Waals surface area contributed by atoms with Gasteiger partial charge >= 0.3 is 0 Å². The summed E-state index contributed by atoms with van der Waals surface area (Å²) in [6.07, 6.45) is 0. The fourth-order valence-corrected chi connectivity index (χ4v) is 2.91. The summed E-state index contributed by atoms with van der Waals surface area (Å²) in [5.41, 5.74) is 6.63. The standard InChI is InChI=1S/C22H16N.CH3.Ir.Y/c1-16-14-19-10-5-6-13-21(19)23-22(16)20-12-7-11-18(15-20)17-8-3-2-4-9-17;;;/h2-11,13-15H,1H3;1H3;;/q2*-1;;. The number of fused-ring (bicyclic) bond motifs is 1. The summed E-state index contributed by atoms with van der Waals surface area (Å²) in [5, 5.41) is 1.17. The number of aromatic nitrogens is 1. The van der Waals surface area contributed by atoms with Crippen LogP contribution < -0.4 is 0 Å². The van der Waals surface area contributed by atoms with E-state index in [1.807, 2.05) is 24.3 Å². The largest absolute Gasteiger partial charge is 0.358 e. The molecule has 4 aromatic rings. The number of pyridine rings is 1. The van der Waals surface area contributed by atoms with Gasteiger partial charge in [0.05, 0.1) is 5.52 Å².